The van der Waals surface area contributed by atoms with Crippen molar-refractivity contribution in [3.05, 3.63) is 96.6 Å². The largest absolute Gasteiger partial charge is 0.312 e. The maximum atomic E-state index is 12.7. The maximum absolute atomic E-state index is 12.7. The van der Waals surface area contributed by atoms with Crippen molar-refractivity contribution in [2.24, 2.45) is 5.92 Å². The summed E-state index contributed by atoms with van der Waals surface area (Å²) in [5.41, 5.74) is 6.10. The molecule has 3 rings (SSSR count). The molecule has 0 heterocycles. The maximum Gasteiger partial charge on any atom is 0.242 e. The Bertz CT molecular complexity index is 783. The minimum absolute atomic E-state index is 0.0248. The van der Waals surface area contributed by atoms with Crippen LogP contribution in [0, 0.1) is 5.92 Å². The highest BCUT2D eigenvalue weighted by Crippen LogP contribution is 2.22. The summed E-state index contributed by atoms with van der Waals surface area (Å²) in [6, 6.07) is 29.9. The fourth-order valence-corrected chi connectivity index (χ4v) is 2.77. The molecule has 0 aliphatic carbocycles. The van der Waals surface area contributed by atoms with Gasteiger partial charge in [-0.15, -0.1) is 0 Å². The highest BCUT2D eigenvalue weighted by molar-refractivity contribution is 5.82. The van der Waals surface area contributed by atoms with Crippen LogP contribution in [-0.4, -0.2) is 12.5 Å². The molecule has 27 heavy (non-hydrogen) atoms. The van der Waals surface area contributed by atoms with Crippen LogP contribution in [0.3, 0.4) is 0 Å². The third kappa shape index (κ3) is 5.43. The van der Waals surface area contributed by atoms with Crippen LogP contribution in [0.25, 0.3) is 0 Å². The number of nitrogens with one attached hydrogen (secondary N) is 2. The first kappa shape index (κ1) is 18.7. The molecule has 0 aliphatic rings. The molecule has 4 heteroatoms. The Morgan fingerprint density at radius 1 is 0.815 bits per heavy atom. The zero-order valence-corrected chi connectivity index (χ0v) is 15.5. The molecule has 1 amide bonds. The zero-order chi connectivity index (χ0) is 18.9. The standard InChI is InChI=1S/C23H25N3O/c1-19(17-24-18-20-11-5-2-6-12-20)23(27)25-26(21-13-7-3-8-14-21)22-15-9-4-10-16-22/h2-16,19,24H,17-18H2,1H3,(H,25,27). The summed E-state index contributed by atoms with van der Waals surface area (Å²) in [6.07, 6.45) is 0. The second-order valence-corrected chi connectivity index (χ2v) is 6.50. The molecule has 1 unspecified atom stereocenters. The third-order valence-corrected chi connectivity index (χ3v) is 4.32. The molecule has 3 aromatic rings. The minimum Gasteiger partial charge on any atom is -0.312 e. The van der Waals surface area contributed by atoms with Crippen LogP contribution in [0.2, 0.25) is 0 Å². The molecule has 0 saturated heterocycles. The van der Waals surface area contributed by atoms with Crippen molar-refractivity contribution in [1.82, 2.24) is 10.7 Å². The van der Waals surface area contributed by atoms with Gasteiger partial charge in [0, 0.05) is 19.0 Å². The van der Waals surface area contributed by atoms with Gasteiger partial charge in [0.25, 0.3) is 0 Å². The van der Waals surface area contributed by atoms with Crippen molar-refractivity contribution in [2.45, 2.75) is 13.5 Å². The summed E-state index contributed by atoms with van der Waals surface area (Å²) < 4.78 is 0. The molecule has 0 bridgehead atoms. The van der Waals surface area contributed by atoms with Gasteiger partial charge >= 0.3 is 0 Å². The molecule has 0 fully saturated rings. The van der Waals surface area contributed by atoms with Gasteiger partial charge in [0.1, 0.15) is 0 Å². The van der Waals surface area contributed by atoms with E-state index in [1.54, 1.807) is 0 Å². The molecule has 2 N–H and O–H groups in total. The van der Waals surface area contributed by atoms with Gasteiger partial charge in [-0.05, 0) is 29.8 Å². The van der Waals surface area contributed by atoms with E-state index in [2.05, 4.69) is 22.9 Å². The first-order valence-electron chi connectivity index (χ1n) is 9.19. The Morgan fingerprint density at radius 2 is 1.30 bits per heavy atom. The van der Waals surface area contributed by atoms with Gasteiger partial charge in [-0.1, -0.05) is 73.7 Å². The van der Waals surface area contributed by atoms with Crippen molar-refractivity contribution in [3.8, 4) is 0 Å². The van der Waals surface area contributed by atoms with Crippen molar-refractivity contribution in [1.29, 1.82) is 0 Å². The third-order valence-electron chi connectivity index (χ3n) is 4.32. The number of carbonyl (C=O) groups excluding carboxylic acids is 1. The topological polar surface area (TPSA) is 44.4 Å². The fraction of sp³-hybridized carbons (Fsp3) is 0.174. The van der Waals surface area contributed by atoms with Gasteiger partial charge < -0.3 is 5.32 Å². The van der Waals surface area contributed by atoms with E-state index in [1.165, 1.54) is 5.56 Å². The average molecular weight is 359 g/mol. The molecule has 0 aromatic heterocycles. The Labute approximate surface area is 160 Å². The summed E-state index contributed by atoms with van der Waals surface area (Å²) in [4.78, 5) is 12.7. The second-order valence-electron chi connectivity index (χ2n) is 6.50. The average Bonchev–Trinajstić information content (AvgIpc) is 2.74. The van der Waals surface area contributed by atoms with E-state index < -0.39 is 0 Å². The predicted molar refractivity (Wildman–Crippen MR) is 110 cm³/mol. The number of amides is 1. The Hall–Kier alpha value is -3.11. The number of rotatable bonds is 8. The molecule has 0 spiro atoms. The molecule has 0 aliphatic heterocycles. The summed E-state index contributed by atoms with van der Waals surface area (Å²) in [5.74, 6) is -0.188. The number of carbonyl (C=O) groups is 1. The van der Waals surface area contributed by atoms with Crippen molar-refractivity contribution < 1.29 is 4.79 Å². The lowest BCUT2D eigenvalue weighted by molar-refractivity contribution is -0.124. The number of benzene rings is 3. The van der Waals surface area contributed by atoms with Gasteiger partial charge in [0.05, 0.1) is 11.4 Å². The van der Waals surface area contributed by atoms with E-state index in [4.69, 9.17) is 0 Å². The van der Waals surface area contributed by atoms with E-state index >= 15 is 0 Å². The first-order chi connectivity index (χ1) is 13.2. The number of anilines is 2. The van der Waals surface area contributed by atoms with Crippen molar-refractivity contribution in [2.75, 3.05) is 11.6 Å². The fourth-order valence-electron chi connectivity index (χ4n) is 2.77. The van der Waals surface area contributed by atoms with Crippen molar-refractivity contribution in [3.63, 3.8) is 0 Å². The van der Waals surface area contributed by atoms with E-state index in [1.807, 2.05) is 90.8 Å². The van der Waals surface area contributed by atoms with Crippen LogP contribution in [0.1, 0.15) is 12.5 Å². The lowest BCUT2D eigenvalue weighted by atomic mass is 10.1. The predicted octanol–water partition coefficient (Wildman–Crippen LogP) is 4.28. The molecular formula is C23H25N3O. The van der Waals surface area contributed by atoms with Crippen LogP contribution < -0.4 is 15.8 Å². The summed E-state index contributed by atoms with van der Waals surface area (Å²) >= 11 is 0. The lowest BCUT2D eigenvalue weighted by Crippen LogP contribution is -2.44. The van der Waals surface area contributed by atoms with Crippen LogP contribution in [0.15, 0.2) is 91.0 Å². The minimum atomic E-state index is -0.163. The van der Waals surface area contributed by atoms with Gasteiger partial charge in [-0.25, -0.2) is 0 Å². The van der Waals surface area contributed by atoms with Crippen LogP contribution in [0.5, 0.6) is 0 Å². The van der Waals surface area contributed by atoms with E-state index in [0.717, 1.165) is 17.9 Å². The monoisotopic (exact) mass is 359 g/mol. The molecular weight excluding hydrogens is 334 g/mol. The number of para-hydroxylation sites is 2. The van der Waals surface area contributed by atoms with Crippen molar-refractivity contribution >= 4 is 17.3 Å². The highest BCUT2D eigenvalue weighted by atomic mass is 16.2. The number of hydrogen-bond acceptors (Lipinski definition) is 3. The van der Waals surface area contributed by atoms with Gasteiger partial charge in [0.15, 0.2) is 0 Å². The van der Waals surface area contributed by atoms with Gasteiger partial charge in [-0.2, -0.15) is 0 Å². The van der Waals surface area contributed by atoms with E-state index in [0.29, 0.717) is 6.54 Å². The number of hydrazine groups is 1. The number of hydrogen-bond donors (Lipinski definition) is 2. The van der Waals surface area contributed by atoms with Crippen LogP contribution in [0.4, 0.5) is 11.4 Å². The highest BCUT2D eigenvalue weighted by Gasteiger charge is 2.17. The molecule has 3 aromatic carbocycles. The van der Waals surface area contributed by atoms with E-state index in [-0.39, 0.29) is 11.8 Å². The molecule has 4 nitrogen and oxygen atoms in total. The quantitative estimate of drug-likeness (QED) is 0.590. The Morgan fingerprint density at radius 3 is 1.81 bits per heavy atom. The smallest absolute Gasteiger partial charge is 0.242 e. The first-order valence-corrected chi connectivity index (χ1v) is 9.19. The van der Waals surface area contributed by atoms with Crippen LogP contribution in [-0.2, 0) is 11.3 Å². The van der Waals surface area contributed by atoms with Gasteiger partial charge in [-0.3, -0.25) is 15.2 Å². The molecule has 0 saturated carbocycles. The Balaban J connectivity index is 1.62. The summed E-state index contributed by atoms with van der Waals surface area (Å²) in [6.45, 7) is 3.29. The SMILES string of the molecule is CC(CNCc1ccccc1)C(=O)NN(c1ccccc1)c1ccccc1. The summed E-state index contributed by atoms with van der Waals surface area (Å²) in [5, 5.41) is 5.19. The van der Waals surface area contributed by atoms with E-state index in [9.17, 15) is 4.79 Å². The lowest BCUT2D eigenvalue weighted by Gasteiger charge is -2.27. The second kappa shape index (κ2) is 9.55. The molecule has 0 radical (unpaired) electrons. The molecule has 138 valence electrons. The van der Waals surface area contributed by atoms with Crippen LogP contribution >= 0.6 is 0 Å². The summed E-state index contributed by atoms with van der Waals surface area (Å²) in [7, 11) is 0. The normalized spacial score (nSPS) is 11.6. The Kier molecular flexibility index (Phi) is 6.61. The van der Waals surface area contributed by atoms with Gasteiger partial charge in [0.2, 0.25) is 5.91 Å². The zero-order valence-electron chi connectivity index (χ0n) is 15.5. The number of nitrogens with zero attached hydrogens (tertiary/aromatic N) is 1. The molecule has 1 atom stereocenters.